The van der Waals surface area contributed by atoms with Gasteiger partial charge in [0.2, 0.25) is 0 Å². The van der Waals surface area contributed by atoms with E-state index in [2.05, 4.69) is 15.3 Å². The van der Waals surface area contributed by atoms with Crippen molar-refractivity contribution in [3.05, 3.63) is 51.9 Å². The Labute approximate surface area is 110 Å². The topological polar surface area (TPSA) is 54.9 Å². The maximum absolute atomic E-state index is 12.9. The van der Waals surface area contributed by atoms with E-state index in [-0.39, 0.29) is 17.4 Å². The molecule has 0 spiro atoms. The minimum absolute atomic E-state index is 0.215. The number of rotatable bonds is 2. The maximum atomic E-state index is 12.9. The molecule has 0 atom stereocenters. The zero-order chi connectivity index (χ0) is 12.3. The average molecular weight is 343 g/mol. The molecule has 0 saturated carbocycles. The minimum Gasteiger partial charge on any atom is -0.320 e. The van der Waals surface area contributed by atoms with Crippen LogP contribution in [0.15, 0.2) is 36.8 Å². The number of carbonyl (C=O) groups excluding carboxylic acids is 1. The first-order valence-electron chi connectivity index (χ1n) is 4.69. The van der Waals surface area contributed by atoms with Gasteiger partial charge in [0.25, 0.3) is 5.91 Å². The van der Waals surface area contributed by atoms with E-state index in [0.29, 0.717) is 9.26 Å². The van der Waals surface area contributed by atoms with Crippen molar-refractivity contribution >= 4 is 34.2 Å². The molecule has 0 aliphatic carbocycles. The summed E-state index contributed by atoms with van der Waals surface area (Å²) in [5, 5.41) is 2.64. The highest BCUT2D eigenvalue weighted by Crippen LogP contribution is 2.19. The van der Waals surface area contributed by atoms with E-state index in [1.54, 1.807) is 0 Å². The Morgan fingerprint density at radius 1 is 1.35 bits per heavy atom. The third kappa shape index (κ3) is 2.96. The van der Waals surface area contributed by atoms with Gasteiger partial charge in [-0.3, -0.25) is 9.78 Å². The van der Waals surface area contributed by atoms with E-state index >= 15 is 0 Å². The molecular formula is C11H7FIN3O. The highest BCUT2D eigenvalue weighted by atomic mass is 127. The van der Waals surface area contributed by atoms with E-state index in [4.69, 9.17) is 0 Å². The first-order valence-corrected chi connectivity index (χ1v) is 5.77. The fourth-order valence-electron chi connectivity index (χ4n) is 1.19. The number of nitrogens with one attached hydrogen (secondary N) is 1. The lowest BCUT2D eigenvalue weighted by Crippen LogP contribution is -2.14. The van der Waals surface area contributed by atoms with Gasteiger partial charge in [-0.25, -0.2) is 9.37 Å². The highest BCUT2D eigenvalue weighted by Gasteiger charge is 2.09. The van der Waals surface area contributed by atoms with Crippen molar-refractivity contribution < 1.29 is 9.18 Å². The fourth-order valence-corrected chi connectivity index (χ4v) is 1.81. The minimum atomic E-state index is -0.373. The van der Waals surface area contributed by atoms with Crippen molar-refractivity contribution in [1.82, 2.24) is 9.97 Å². The number of benzene rings is 1. The molecule has 2 aromatic rings. The molecule has 1 aromatic carbocycles. The molecule has 2 rings (SSSR count). The second-order valence-electron chi connectivity index (χ2n) is 3.17. The van der Waals surface area contributed by atoms with Crippen LogP contribution < -0.4 is 5.32 Å². The molecule has 6 heteroatoms. The molecule has 4 nitrogen and oxygen atoms in total. The normalized spacial score (nSPS) is 10.0. The lowest BCUT2D eigenvalue weighted by molar-refractivity contribution is 0.102. The number of carbonyl (C=O) groups is 1. The van der Waals surface area contributed by atoms with Crippen LogP contribution >= 0.6 is 22.6 Å². The average Bonchev–Trinajstić information content (AvgIpc) is 2.34. The summed E-state index contributed by atoms with van der Waals surface area (Å²) in [6.45, 7) is 0. The SMILES string of the molecule is O=C(Nc1ccc(F)cc1I)c1cnccn1. The van der Waals surface area contributed by atoms with Gasteiger partial charge >= 0.3 is 0 Å². The van der Waals surface area contributed by atoms with Crippen LogP contribution in [0.25, 0.3) is 0 Å². The standard InChI is InChI=1S/C11H7FIN3O/c12-7-1-2-9(8(13)5-7)16-11(17)10-6-14-3-4-15-10/h1-6H,(H,16,17). The molecule has 0 aliphatic rings. The van der Waals surface area contributed by atoms with Gasteiger partial charge in [-0.1, -0.05) is 0 Å². The van der Waals surface area contributed by atoms with Gasteiger partial charge in [0.1, 0.15) is 11.5 Å². The van der Waals surface area contributed by atoms with Crippen molar-refractivity contribution in [2.75, 3.05) is 5.32 Å². The van der Waals surface area contributed by atoms with E-state index in [1.807, 2.05) is 22.6 Å². The Kier molecular flexibility index (Phi) is 3.62. The molecule has 86 valence electrons. The number of halogens is 2. The Hall–Kier alpha value is -1.57. The van der Waals surface area contributed by atoms with E-state index in [1.165, 1.54) is 36.8 Å². The Balaban J connectivity index is 2.19. The number of nitrogens with zero attached hydrogens (tertiary/aromatic N) is 2. The zero-order valence-corrected chi connectivity index (χ0v) is 10.7. The first-order chi connectivity index (χ1) is 8.16. The molecule has 0 fully saturated rings. The molecular weight excluding hydrogens is 336 g/mol. The first kappa shape index (κ1) is 11.9. The molecule has 0 unspecified atom stereocenters. The largest absolute Gasteiger partial charge is 0.320 e. The summed E-state index contributed by atoms with van der Waals surface area (Å²) in [5.74, 6) is -0.713. The summed E-state index contributed by atoms with van der Waals surface area (Å²) in [6.07, 6.45) is 4.29. The Morgan fingerprint density at radius 2 is 2.18 bits per heavy atom. The predicted octanol–water partition coefficient (Wildman–Crippen LogP) is 2.47. The highest BCUT2D eigenvalue weighted by molar-refractivity contribution is 14.1. The number of hydrogen-bond acceptors (Lipinski definition) is 3. The van der Waals surface area contributed by atoms with Gasteiger partial charge in [-0.15, -0.1) is 0 Å². The quantitative estimate of drug-likeness (QED) is 0.853. The van der Waals surface area contributed by atoms with E-state index in [0.717, 1.165) is 0 Å². The van der Waals surface area contributed by atoms with Crippen LogP contribution in [-0.4, -0.2) is 15.9 Å². The van der Waals surface area contributed by atoms with Crippen LogP contribution in [0.4, 0.5) is 10.1 Å². The lowest BCUT2D eigenvalue weighted by atomic mass is 10.3. The number of anilines is 1. The van der Waals surface area contributed by atoms with E-state index in [9.17, 15) is 9.18 Å². The summed E-state index contributed by atoms with van der Waals surface area (Å²) < 4.78 is 13.5. The summed E-state index contributed by atoms with van der Waals surface area (Å²) in [5.41, 5.74) is 0.760. The van der Waals surface area contributed by atoms with Gasteiger partial charge in [-0.2, -0.15) is 0 Å². The molecule has 17 heavy (non-hydrogen) atoms. The molecule has 0 radical (unpaired) electrons. The molecule has 1 heterocycles. The number of amides is 1. The monoisotopic (exact) mass is 343 g/mol. The lowest BCUT2D eigenvalue weighted by Gasteiger charge is -2.06. The second-order valence-corrected chi connectivity index (χ2v) is 4.33. The summed E-state index contributed by atoms with van der Waals surface area (Å²) in [7, 11) is 0. The van der Waals surface area contributed by atoms with Gasteiger partial charge < -0.3 is 5.32 Å². The third-order valence-corrected chi connectivity index (χ3v) is 2.87. The molecule has 1 amide bonds. The smallest absolute Gasteiger partial charge is 0.275 e. The predicted molar refractivity (Wildman–Crippen MR) is 69.1 cm³/mol. The van der Waals surface area contributed by atoms with Crippen LogP contribution in [0.5, 0.6) is 0 Å². The summed E-state index contributed by atoms with van der Waals surface area (Å²) in [4.78, 5) is 19.4. The van der Waals surface area contributed by atoms with Crippen LogP contribution in [0.1, 0.15) is 10.5 Å². The van der Waals surface area contributed by atoms with Crippen LogP contribution in [0, 0.1) is 9.39 Å². The van der Waals surface area contributed by atoms with Crippen LogP contribution in [0.2, 0.25) is 0 Å². The van der Waals surface area contributed by atoms with Crippen LogP contribution in [0.3, 0.4) is 0 Å². The maximum Gasteiger partial charge on any atom is 0.275 e. The van der Waals surface area contributed by atoms with Gasteiger partial charge in [0.15, 0.2) is 0 Å². The van der Waals surface area contributed by atoms with Gasteiger partial charge in [0, 0.05) is 16.0 Å². The molecule has 0 saturated heterocycles. The Morgan fingerprint density at radius 3 is 2.82 bits per heavy atom. The fraction of sp³-hybridized carbons (Fsp3) is 0. The van der Waals surface area contributed by atoms with Crippen molar-refractivity contribution in [2.45, 2.75) is 0 Å². The number of aromatic nitrogens is 2. The molecule has 1 N–H and O–H groups in total. The summed E-state index contributed by atoms with van der Waals surface area (Å²) in [6, 6.07) is 4.13. The summed E-state index contributed by atoms with van der Waals surface area (Å²) >= 11 is 1.95. The van der Waals surface area contributed by atoms with Crippen LogP contribution in [-0.2, 0) is 0 Å². The van der Waals surface area contributed by atoms with Gasteiger partial charge in [-0.05, 0) is 40.8 Å². The Bertz CT molecular complexity index is 548. The van der Waals surface area contributed by atoms with Crippen molar-refractivity contribution in [1.29, 1.82) is 0 Å². The third-order valence-electron chi connectivity index (χ3n) is 1.98. The second kappa shape index (κ2) is 5.17. The van der Waals surface area contributed by atoms with Crippen molar-refractivity contribution in [3.63, 3.8) is 0 Å². The molecule has 0 bridgehead atoms. The zero-order valence-electron chi connectivity index (χ0n) is 8.52. The van der Waals surface area contributed by atoms with E-state index < -0.39 is 0 Å². The van der Waals surface area contributed by atoms with Gasteiger partial charge in [0.05, 0.1) is 11.9 Å². The van der Waals surface area contributed by atoms with Crippen molar-refractivity contribution in [3.8, 4) is 0 Å². The van der Waals surface area contributed by atoms with Crippen molar-refractivity contribution in [2.24, 2.45) is 0 Å². The molecule has 0 aliphatic heterocycles. The number of hydrogen-bond donors (Lipinski definition) is 1. The molecule has 1 aromatic heterocycles.